The van der Waals surface area contributed by atoms with E-state index in [0.29, 0.717) is 36.3 Å². The van der Waals surface area contributed by atoms with Gasteiger partial charge in [0.2, 0.25) is 13.2 Å². The molecule has 0 radical (unpaired) electrons. The van der Waals surface area contributed by atoms with E-state index in [1.807, 2.05) is 0 Å². The minimum atomic E-state index is -0.430. The molecule has 36 heavy (non-hydrogen) atoms. The fourth-order valence-corrected chi connectivity index (χ4v) is 7.69. The Labute approximate surface area is 220 Å². The summed E-state index contributed by atoms with van der Waals surface area (Å²) in [4.78, 5) is 25.6. The summed E-state index contributed by atoms with van der Waals surface area (Å²) < 4.78 is 13.1. The number of carbonyl (C=O) groups is 2. The molecule has 0 spiro atoms. The second kappa shape index (κ2) is 11.8. The van der Waals surface area contributed by atoms with E-state index < -0.39 is 7.12 Å². The van der Waals surface area contributed by atoms with Crippen molar-refractivity contribution < 1.29 is 18.9 Å². The molecule has 8 heteroatoms. The van der Waals surface area contributed by atoms with Crippen LogP contribution in [-0.4, -0.2) is 50.3 Å². The lowest BCUT2D eigenvalue weighted by molar-refractivity contribution is -0.199. The van der Waals surface area contributed by atoms with Crippen molar-refractivity contribution in [3.63, 3.8) is 0 Å². The molecular weight excluding hydrogens is 450 g/mol. The number of nitrogens with one attached hydrogen (secondary N) is 2. The van der Waals surface area contributed by atoms with Crippen LogP contribution >= 0.6 is 0 Å². The monoisotopic (exact) mass is 500 g/mol. The third-order valence-electron chi connectivity index (χ3n) is 10.0. The Kier molecular flexibility index (Phi) is 9.18. The highest BCUT2D eigenvalue weighted by Crippen LogP contribution is 2.65. The minimum Gasteiger partial charge on any atom is -0.404 e. The maximum Gasteiger partial charge on any atom is 0.481 e. The largest absolute Gasteiger partial charge is 0.481 e. The van der Waals surface area contributed by atoms with Crippen LogP contribution in [0.15, 0.2) is 0 Å². The van der Waals surface area contributed by atoms with Crippen LogP contribution in [0.3, 0.4) is 0 Å². The average molecular weight is 500 g/mol. The van der Waals surface area contributed by atoms with E-state index in [-0.39, 0.29) is 35.9 Å². The molecule has 5 rings (SSSR count). The first-order chi connectivity index (χ1) is 17.1. The molecule has 2 bridgehead atoms. The van der Waals surface area contributed by atoms with Gasteiger partial charge in [-0.05, 0) is 49.4 Å². The number of hydrogen-bond acceptors (Lipinski definition) is 4. The number of carbonyl (C=O) groups excluding carboxylic acids is 2. The fraction of sp³-hybridized carbons (Fsp3) is 0.929. The molecule has 0 aromatic heterocycles. The molecule has 4 aliphatic carbocycles. The molecule has 6 nitrogen and oxygen atoms in total. The Morgan fingerprint density at radius 1 is 1.00 bits per heavy atom. The van der Waals surface area contributed by atoms with Gasteiger partial charge in [0, 0.05) is 0 Å². The summed E-state index contributed by atoms with van der Waals surface area (Å²) in [6.45, 7) is 11.3. The van der Waals surface area contributed by atoms with Gasteiger partial charge in [-0.15, -0.1) is 0 Å². The first-order valence-electron chi connectivity index (χ1n) is 15.0. The van der Waals surface area contributed by atoms with Crippen LogP contribution in [-0.2, 0) is 14.1 Å². The lowest BCUT2D eigenvalue weighted by Gasteiger charge is -2.64. The molecule has 1 aliphatic heterocycles. The van der Waals surface area contributed by atoms with Gasteiger partial charge >= 0.3 is 7.12 Å². The van der Waals surface area contributed by atoms with E-state index in [2.05, 4.69) is 45.3 Å². The average Bonchev–Trinajstić information content (AvgIpc) is 3.18. The van der Waals surface area contributed by atoms with Gasteiger partial charge < -0.3 is 19.9 Å². The van der Waals surface area contributed by atoms with E-state index in [9.17, 15) is 9.59 Å². The molecule has 2 N–H and O–H groups in total. The standard InChI is InChI=1S/C28H50B2N2O4/c1-19(2)15-24(30-35-23-17-20-16-22(27(20,3)4)28(23,5)36-30)32-25(33)18-31-26(34)29-21-13-11-9-7-6-8-10-12-14-21/h19-24,29H,6-18H2,1-5H3,(H,31,34)(H,32,33)/t20-,22-,23?,24+,28-/m1/s1. The minimum absolute atomic E-state index is 0.00141. The summed E-state index contributed by atoms with van der Waals surface area (Å²) in [6.07, 6.45) is 14.4. The van der Waals surface area contributed by atoms with Crippen LogP contribution in [0.2, 0.25) is 5.82 Å². The Bertz CT molecular complexity index is 769. The molecule has 5 atom stereocenters. The van der Waals surface area contributed by atoms with Crippen LogP contribution in [0.4, 0.5) is 4.79 Å². The lowest BCUT2D eigenvalue weighted by Crippen LogP contribution is -2.65. The van der Waals surface area contributed by atoms with Crippen LogP contribution in [0.1, 0.15) is 112 Å². The van der Waals surface area contributed by atoms with E-state index in [0.717, 1.165) is 25.7 Å². The zero-order chi connectivity index (χ0) is 25.9. The summed E-state index contributed by atoms with van der Waals surface area (Å²) in [6, 6.07) is 0. The van der Waals surface area contributed by atoms with Crippen molar-refractivity contribution in [3.8, 4) is 0 Å². The molecular formula is C28H50B2N2O4. The molecule has 1 unspecified atom stereocenters. The second-order valence-electron chi connectivity index (χ2n) is 13.5. The van der Waals surface area contributed by atoms with Crippen molar-refractivity contribution >= 4 is 26.1 Å². The normalized spacial score (nSPS) is 33.3. The SMILES string of the molecule is CC(C)C[C@H](NC(=O)CNC(=O)BC1CCCCCCCCC1)B1OC2C[C@H]3C[C@H](C3(C)C)[C@@]2(C)O1. The van der Waals surface area contributed by atoms with Crippen molar-refractivity contribution in [3.05, 3.63) is 0 Å². The molecule has 5 aliphatic rings. The summed E-state index contributed by atoms with van der Waals surface area (Å²) >= 11 is 0. The van der Waals surface area contributed by atoms with Gasteiger partial charge in [0.1, 0.15) is 0 Å². The molecule has 1 saturated heterocycles. The first-order valence-corrected chi connectivity index (χ1v) is 15.0. The predicted molar refractivity (Wildman–Crippen MR) is 147 cm³/mol. The zero-order valence-corrected chi connectivity index (χ0v) is 23.6. The second-order valence-corrected chi connectivity index (χ2v) is 13.5. The van der Waals surface area contributed by atoms with Crippen molar-refractivity contribution in [1.29, 1.82) is 0 Å². The Morgan fingerprint density at radius 3 is 2.25 bits per heavy atom. The highest BCUT2D eigenvalue weighted by atomic mass is 16.7. The van der Waals surface area contributed by atoms with Gasteiger partial charge in [-0.3, -0.25) is 9.59 Å². The van der Waals surface area contributed by atoms with Gasteiger partial charge in [0.05, 0.1) is 24.2 Å². The Balaban J connectivity index is 1.27. The maximum atomic E-state index is 12.9. The van der Waals surface area contributed by atoms with Crippen molar-refractivity contribution in [1.82, 2.24) is 10.6 Å². The van der Waals surface area contributed by atoms with Crippen molar-refractivity contribution in [2.45, 2.75) is 135 Å². The van der Waals surface area contributed by atoms with Crippen LogP contribution in [0.25, 0.3) is 0 Å². The Hall–Kier alpha value is -1.01. The summed E-state index contributed by atoms with van der Waals surface area (Å²) in [7, 11) is 0.107. The third kappa shape index (κ3) is 6.34. The first kappa shape index (κ1) is 28.0. The molecule has 1 heterocycles. The molecule has 5 fully saturated rings. The van der Waals surface area contributed by atoms with E-state index in [1.54, 1.807) is 0 Å². The summed E-state index contributed by atoms with van der Waals surface area (Å²) in [5, 5.41) is 6.05. The summed E-state index contributed by atoms with van der Waals surface area (Å²) in [5.41, 5.74) is 0.00593. The van der Waals surface area contributed by atoms with Gasteiger partial charge in [0.25, 0.3) is 0 Å². The molecule has 202 valence electrons. The third-order valence-corrected chi connectivity index (χ3v) is 10.0. The smallest absolute Gasteiger partial charge is 0.404 e. The number of hydrogen-bond donors (Lipinski definition) is 2. The lowest BCUT2D eigenvalue weighted by atomic mass is 9.43. The predicted octanol–water partition coefficient (Wildman–Crippen LogP) is 5.24. The van der Waals surface area contributed by atoms with E-state index >= 15 is 0 Å². The van der Waals surface area contributed by atoms with Crippen molar-refractivity contribution in [2.24, 2.45) is 23.2 Å². The molecule has 4 saturated carbocycles. The number of rotatable bonds is 8. The Morgan fingerprint density at radius 2 is 1.64 bits per heavy atom. The molecule has 2 amide bonds. The molecule has 0 aromatic carbocycles. The van der Waals surface area contributed by atoms with Gasteiger partial charge in [-0.1, -0.05) is 91.3 Å². The quantitative estimate of drug-likeness (QED) is 0.447. The summed E-state index contributed by atoms with van der Waals surface area (Å²) in [5.74, 6) is 1.66. The van der Waals surface area contributed by atoms with E-state index in [1.165, 1.54) is 51.4 Å². The van der Waals surface area contributed by atoms with Gasteiger partial charge in [-0.2, -0.15) is 0 Å². The van der Waals surface area contributed by atoms with Crippen LogP contribution < -0.4 is 10.6 Å². The van der Waals surface area contributed by atoms with Gasteiger partial charge in [-0.25, -0.2) is 0 Å². The number of amides is 2. The van der Waals surface area contributed by atoms with E-state index in [4.69, 9.17) is 9.31 Å². The topological polar surface area (TPSA) is 76.7 Å². The maximum absolute atomic E-state index is 12.9. The fourth-order valence-electron chi connectivity index (χ4n) is 7.69. The van der Waals surface area contributed by atoms with Gasteiger partial charge in [0.15, 0.2) is 5.81 Å². The van der Waals surface area contributed by atoms with Crippen LogP contribution in [0, 0.1) is 23.2 Å². The zero-order valence-electron chi connectivity index (χ0n) is 23.6. The highest BCUT2D eigenvalue weighted by Gasteiger charge is 2.68. The van der Waals surface area contributed by atoms with Crippen LogP contribution in [0.5, 0.6) is 0 Å². The highest BCUT2D eigenvalue weighted by molar-refractivity contribution is 6.74. The van der Waals surface area contributed by atoms with Crippen molar-refractivity contribution in [2.75, 3.05) is 6.54 Å². The molecule has 0 aromatic rings.